The number of aryl methyl sites for hydroxylation is 1. The molecule has 1 saturated carbocycles. The maximum atomic E-state index is 12.9. The van der Waals surface area contributed by atoms with Crippen molar-refractivity contribution in [3.05, 3.63) is 16.3 Å². The van der Waals surface area contributed by atoms with Gasteiger partial charge in [0.05, 0.1) is 0 Å². The zero-order valence-corrected chi connectivity index (χ0v) is 14.5. The third-order valence-corrected chi connectivity index (χ3v) is 6.13. The molecule has 0 radical (unpaired) electrons. The van der Waals surface area contributed by atoms with E-state index in [1.54, 1.807) is 4.57 Å². The Labute approximate surface area is 142 Å². The minimum Gasteiger partial charge on any atom is -0.338 e. The molecule has 132 valence electrons. The zero-order chi connectivity index (χ0) is 16.5. The Morgan fingerprint density at radius 1 is 1.00 bits per heavy atom. The number of rotatable bonds is 2. The quantitative estimate of drug-likeness (QED) is 0.832. The Morgan fingerprint density at radius 3 is 2.75 bits per heavy atom. The Balaban J connectivity index is 1.51. The Kier molecular flexibility index (Phi) is 4.46. The van der Waals surface area contributed by atoms with Gasteiger partial charge in [-0.1, -0.05) is 19.3 Å². The molecular formula is C18H28N4O2. The fraction of sp³-hybridized carbons (Fsp3) is 0.833. The molecule has 3 heterocycles. The van der Waals surface area contributed by atoms with Crippen LogP contribution < -0.4 is 5.69 Å². The Hall–Kier alpha value is -1.59. The summed E-state index contributed by atoms with van der Waals surface area (Å²) in [6, 6.07) is 0.399. The molecule has 2 atom stereocenters. The van der Waals surface area contributed by atoms with Gasteiger partial charge in [0.1, 0.15) is 12.4 Å². The van der Waals surface area contributed by atoms with Crippen LogP contribution in [0.1, 0.15) is 63.6 Å². The highest BCUT2D eigenvalue weighted by Crippen LogP contribution is 2.35. The van der Waals surface area contributed by atoms with Crippen LogP contribution in [-0.4, -0.2) is 37.7 Å². The average Bonchev–Trinajstić information content (AvgIpc) is 2.78. The average molecular weight is 332 g/mol. The maximum Gasteiger partial charge on any atom is 0.346 e. The number of amides is 1. The molecule has 3 aliphatic rings. The van der Waals surface area contributed by atoms with Crippen LogP contribution in [0.5, 0.6) is 0 Å². The predicted molar refractivity (Wildman–Crippen MR) is 90.7 cm³/mol. The van der Waals surface area contributed by atoms with Crippen molar-refractivity contribution >= 4 is 5.91 Å². The van der Waals surface area contributed by atoms with E-state index in [0.717, 1.165) is 57.4 Å². The fourth-order valence-electron chi connectivity index (χ4n) is 4.88. The fourth-order valence-corrected chi connectivity index (χ4v) is 4.88. The molecule has 4 rings (SSSR count). The number of hydrogen-bond acceptors (Lipinski definition) is 3. The van der Waals surface area contributed by atoms with Gasteiger partial charge in [-0.05, 0) is 44.4 Å². The number of nitrogens with zero attached hydrogens (tertiary/aromatic N) is 4. The minimum atomic E-state index is -0.0996. The van der Waals surface area contributed by atoms with Crippen molar-refractivity contribution in [1.82, 2.24) is 19.2 Å². The largest absolute Gasteiger partial charge is 0.346 e. The van der Waals surface area contributed by atoms with Crippen LogP contribution in [0.2, 0.25) is 0 Å². The molecule has 6 heteroatoms. The summed E-state index contributed by atoms with van der Waals surface area (Å²) >= 11 is 0. The highest BCUT2D eigenvalue weighted by molar-refractivity contribution is 5.76. The third kappa shape index (κ3) is 2.91. The van der Waals surface area contributed by atoms with E-state index in [9.17, 15) is 9.59 Å². The lowest BCUT2D eigenvalue weighted by Crippen LogP contribution is -2.51. The number of aromatic nitrogens is 3. The third-order valence-electron chi connectivity index (χ3n) is 6.13. The topological polar surface area (TPSA) is 60.1 Å². The molecule has 1 aromatic heterocycles. The summed E-state index contributed by atoms with van der Waals surface area (Å²) in [5, 5.41) is 4.47. The second kappa shape index (κ2) is 6.73. The molecule has 0 spiro atoms. The first-order chi connectivity index (χ1) is 11.7. The van der Waals surface area contributed by atoms with E-state index in [4.69, 9.17) is 0 Å². The molecule has 2 fully saturated rings. The zero-order valence-electron chi connectivity index (χ0n) is 14.5. The lowest BCUT2D eigenvalue weighted by atomic mass is 9.78. The standard InChI is InChI=1S/C18H28N4O2/c23-17(20-12-6-8-14-7-3-4-9-15(14)20)13-22-18(24)21-11-5-1-2-10-16(21)19-22/h14-15H,1-13H2. The van der Waals surface area contributed by atoms with Crippen molar-refractivity contribution in [3.8, 4) is 0 Å². The SMILES string of the molecule is O=C(Cn1nc2n(c1=O)CCCCC2)N1CCCC2CCCCC21. The van der Waals surface area contributed by atoms with E-state index in [-0.39, 0.29) is 18.1 Å². The summed E-state index contributed by atoms with van der Waals surface area (Å²) in [6.45, 7) is 1.71. The molecule has 2 aliphatic heterocycles. The molecule has 1 saturated heterocycles. The van der Waals surface area contributed by atoms with Gasteiger partial charge in [-0.2, -0.15) is 5.10 Å². The van der Waals surface area contributed by atoms with Gasteiger partial charge < -0.3 is 4.90 Å². The molecule has 2 unspecified atom stereocenters. The molecule has 1 aromatic rings. The lowest BCUT2D eigenvalue weighted by molar-refractivity contribution is -0.138. The second-order valence-electron chi connectivity index (χ2n) is 7.66. The molecular weight excluding hydrogens is 304 g/mol. The van der Waals surface area contributed by atoms with Gasteiger partial charge in [0.25, 0.3) is 0 Å². The molecule has 1 amide bonds. The van der Waals surface area contributed by atoms with E-state index in [0.29, 0.717) is 12.0 Å². The van der Waals surface area contributed by atoms with Crippen LogP contribution in [0, 0.1) is 5.92 Å². The highest BCUT2D eigenvalue weighted by atomic mass is 16.2. The number of likely N-dealkylation sites (tertiary alicyclic amines) is 1. The maximum absolute atomic E-state index is 12.9. The summed E-state index contributed by atoms with van der Waals surface area (Å²) in [7, 11) is 0. The number of piperidine rings is 1. The van der Waals surface area contributed by atoms with Crippen LogP contribution in [-0.2, 0) is 24.3 Å². The number of hydrogen-bond donors (Lipinski definition) is 0. The molecule has 24 heavy (non-hydrogen) atoms. The first-order valence-electron chi connectivity index (χ1n) is 9.70. The van der Waals surface area contributed by atoms with Gasteiger partial charge in [-0.3, -0.25) is 9.36 Å². The van der Waals surface area contributed by atoms with Crippen molar-refractivity contribution in [2.75, 3.05) is 6.54 Å². The first kappa shape index (κ1) is 15.9. The second-order valence-corrected chi connectivity index (χ2v) is 7.66. The minimum absolute atomic E-state index is 0.0851. The van der Waals surface area contributed by atoms with Crippen LogP contribution >= 0.6 is 0 Å². The number of fused-ring (bicyclic) bond motifs is 2. The summed E-state index contributed by atoms with van der Waals surface area (Å²) in [6.07, 6.45) is 11.4. The molecule has 0 N–H and O–H groups in total. The van der Waals surface area contributed by atoms with Crippen molar-refractivity contribution in [2.24, 2.45) is 5.92 Å². The van der Waals surface area contributed by atoms with Crippen molar-refractivity contribution in [3.63, 3.8) is 0 Å². The van der Waals surface area contributed by atoms with Crippen LogP contribution in [0.3, 0.4) is 0 Å². The van der Waals surface area contributed by atoms with E-state index < -0.39 is 0 Å². The van der Waals surface area contributed by atoms with Crippen LogP contribution in [0.4, 0.5) is 0 Å². The Morgan fingerprint density at radius 2 is 1.83 bits per heavy atom. The van der Waals surface area contributed by atoms with E-state index >= 15 is 0 Å². The summed E-state index contributed by atoms with van der Waals surface area (Å²) in [5.74, 6) is 1.62. The van der Waals surface area contributed by atoms with Gasteiger partial charge in [-0.15, -0.1) is 0 Å². The Bertz CT molecular complexity index is 660. The first-order valence-corrected chi connectivity index (χ1v) is 9.70. The summed E-state index contributed by atoms with van der Waals surface area (Å²) < 4.78 is 3.19. The van der Waals surface area contributed by atoms with Crippen molar-refractivity contribution in [2.45, 2.75) is 83.3 Å². The number of carbonyl (C=O) groups is 1. The van der Waals surface area contributed by atoms with Gasteiger partial charge in [-0.25, -0.2) is 9.48 Å². The molecule has 1 aliphatic carbocycles. The lowest BCUT2D eigenvalue weighted by Gasteiger charge is -2.44. The summed E-state index contributed by atoms with van der Waals surface area (Å²) in [4.78, 5) is 27.5. The van der Waals surface area contributed by atoms with Gasteiger partial charge >= 0.3 is 5.69 Å². The van der Waals surface area contributed by atoms with E-state index in [1.165, 1.54) is 30.4 Å². The molecule has 6 nitrogen and oxygen atoms in total. The monoisotopic (exact) mass is 332 g/mol. The normalized spacial score (nSPS) is 27.2. The van der Waals surface area contributed by atoms with E-state index in [1.807, 2.05) is 0 Å². The molecule has 0 bridgehead atoms. The van der Waals surface area contributed by atoms with Crippen molar-refractivity contribution < 1.29 is 4.79 Å². The van der Waals surface area contributed by atoms with Gasteiger partial charge in [0, 0.05) is 25.6 Å². The highest BCUT2D eigenvalue weighted by Gasteiger charge is 2.35. The predicted octanol–water partition coefficient (Wildman–Crippen LogP) is 1.95. The number of carbonyl (C=O) groups excluding carboxylic acids is 1. The van der Waals surface area contributed by atoms with Gasteiger partial charge in [0.2, 0.25) is 5.91 Å². The van der Waals surface area contributed by atoms with Crippen LogP contribution in [0.25, 0.3) is 0 Å². The molecule has 0 aromatic carbocycles. The summed E-state index contributed by atoms with van der Waals surface area (Å²) in [5.41, 5.74) is -0.0996. The van der Waals surface area contributed by atoms with Crippen molar-refractivity contribution in [1.29, 1.82) is 0 Å². The smallest absolute Gasteiger partial charge is 0.338 e. The van der Waals surface area contributed by atoms with E-state index in [2.05, 4.69) is 10.00 Å². The van der Waals surface area contributed by atoms with Crippen LogP contribution in [0.15, 0.2) is 4.79 Å². The van der Waals surface area contributed by atoms with Gasteiger partial charge in [0.15, 0.2) is 0 Å².